The Morgan fingerprint density at radius 2 is 1.65 bits per heavy atom. The highest BCUT2D eigenvalue weighted by atomic mass is 16.5. The number of nitrogens with zero attached hydrogens (tertiary/aromatic N) is 1. The Hall–Kier alpha value is -2.10. The van der Waals surface area contributed by atoms with Crippen LogP contribution in [-0.4, -0.2) is 18.4 Å². The Morgan fingerprint density at radius 1 is 1.06 bits per heavy atom. The smallest absolute Gasteiger partial charge is 0.258 e. The third kappa shape index (κ3) is 2.36. The summed E-state index contributed by atoms with van der Waals surface area (Å²) in [6, 6.07) is 6.82. The van der Waals surface area contributed by atoms with Gasteiger partial charge in [0.1, 0.15) is 5.75 Å². The molecule has 0 spiro atoms. The van der Waals surface area contributed by atoms with E-state index in [9.17, 15) is 9.59 Å². The first kappa shape index (κ1) is 11.4. The minimum Gasteiger partial charge on any atom is -0.494 e. The van der Waals surface area contributed by atoms with E-state index in [1.807, 2.05) is 0 Å². The first-order chi connectivity index (χ1) is 8.22. The number of carbonyl (C=O) groups excluding carboxylic acids is 2. The van der Waals surface area contributed by atoms with Crippen molar-refractivity contribution in [3.05, 3.63) is 43.3 Å². The molecular weight excluding hydrogens is 218 g/mol. The fourth-order valence-electron chi connectivity index (χ4n) is 1.54. The number of ether oxygens (including phenoxy) is 1. The molecule has 4 heteroatoms. The summed E-state index contributed by atoms with van der Waals surface area (Å²) in [6.07, 6.45) is 3.21. The molecule has 2 amide bonds. The molecule has 87 valence electrons. The second-order valence-electron chi connectivity index (χ2n) is 3.54. The minimum absolute atomic E-state index is 0.318. The molecule has 0 aromatic heterocycles. The van der Waals surface area contributed by atoms with Gasteiger partial charge in [-0.05, 0) is 37.6 Å². The Labute approximate surface area is 99.5 Å². The highest BCUT2D eigenvalue weighted by Gasteiger charge is 2.24. The number of benzene rings is 1. The van der Waals surface area contributed by atoms with Gasteiger partial charge in [0.25, 0.3) is 11.8 Å². The van der Waals surface area contributed by atoms with E-state index in [2.05, 4.69) is 6.92 Å². The van der Waals surface area contributed by atoms with Crippen molar-refractivity contribution in [1.29, 1.82) is 0 Å². The second-order valence-corrected chi connectivity index (χ2v) is 3.54. The summed E-state index contributed by atoms with van der Waals surface area (Å²) in [7, 11) is 0. The molecule has 2 rings (SSSR count). The van der Waals surface area contributed by atoms with Gasteiger partial charge in [0.05, 0.1) is 12.3 Å². The molecule has 0 bridgehead atoms. The normalized spacial score (nSPS) is 14.5. The molecule has 0 fully saturated rings. The monoisotopic (exact) mass is 230 g/mol. The van der Waals surface area contributed by atoms with Crippen LogP contribution < -0.4 is 9.64 Å². The Morgan fingerprint density at radius 3 is 2.18 bits per heavy atom. The molecule has 0 atom stereocenters. The van der Waals surface area contributed by atoms with Crippen LogP contribution in [0.3, 0.4) is 0 Å². The Bertz CT molecular complexity index is 444. The maximum atomic E-state index is 11.4. The van der Waals surface area contributed by atoms with Gasteiger partial charge < -0.3 is 4.74 Å². The summed E-state index contributed by atoms with van der Waals surface area (Å²) in [5, 5.41) is 0. The van der Waals surface area contributed by atoms with Crippen molar-refractivity contribution in [2.75, 3.05) is 11.5 Å². The molecule has 1 radical (unpaired) electrons. The lowest BCUT2D eigenvalue weighted by atomic mass is 10.2. The Kier molecular flexibility index (Phi) is 3.23. The summed E-state index contributed by atoms with van der Waals surface area (Å²) in [5.74, 6) is 0.0623. The summed E-state index contributed by atoms with van der Waals surface area (Å²) in [5.41, 5.74) is 0.548. The highest BCUT2D eigenvalue weighted by molar-refractivity contribution is 6.28. The molecule has 4 nitrogen and oxygen atoms in total. The van der Waals surface area contributed by atoms with Gasteiger partial charge in [0, 0.05) is 12.2 Å². The average molecular weight is 230 g/mol. The summed E-state index contributed by atoms with van der Waals surface area (Å²) in [6.45, 7) is 4.21. The van der Waals surface area contributed by atoms with Gasteiger partial charge in [-0.3, -0.25) is 9.59 Å². The predicted octanol–water partition coefficient (Wildman–Crippen LogP) is 1.72. The van der Waals surface area contributed by atoms with E-state index in [0.29, 0.717) is 24.5 Å². The van der Waals surface area contributed by atoms with Crippen molar-refractivity contribution in [3.63, 3.8) is 0 Å². The van der Waals surface area contributed by atoms with E-state index in [1.54, 1.807) is 24.3 Å². The molecular formula is C13H12NO3. The zero-order chi connectivity index (χ0) is 12.3. The fourth-order valence-corrected chi connectivity index (χ4v) is 1.54. The topological polar surface area (TPSA) is 46.6 Å². The van der Waals surface area contributed by atoms with Crippen molar-refractivity contribution in [2.24, 2.45) is 0 Å². The van der Waals surface area contributed by atoms with Crippen molar-refractivity contribution < 1.29 is 14.3 Å². The van der Waals surface area contributed by atoms with Gasteiger partial charge in [-0.15, -0.1) is 0 Å². The summed E-state index contributed by atoms with van der Waals surface area (Å²) in [4.78, 5) is 24.0. The molecule has 0 aliphatic carbocycles. The third-order valence-electron chi connectivity index (χ3n) is 2.32. The lowest BCUT2D eigenvalue weighted by Gasteiger charge is -2.14. The molecule has 0 saturated heterocycles. The number of carbonyl (C=O) groups is 2. The molecule has 17 heavy (non-hydrogen) atoms. The van der Waals surface area contributed by atoms with Gasteiger partial charge in [-0.25, -0.2) is 4.90 Å². The molecule has 1 aromatic rings. The number of hydrogen-bond donors (Lipinski definition) is 0. The van der Waals surface area contributed by atoms with Crippen LogP contribution in [-0.2, 0) is 9.59 Å². The van der Waals surface area contributed by atoms with Gasteiger partial charge in [0.2, 0.25) is 0 Å². The van der Waals surface area contributed by atoms with E-state index in [1.165, 1.54) is 12.2 Å². The average Bonchev–Trinajstić information content (AvgIpc) is 2.67. The van der Waals surface area contributed by atoms with Crippen LogP contribution in [0.1, 0.15) is 6.42 Å². The zero-order valence-corrected chi connectivity index (χ0v) is 9.26. The first-order valence-corrected chi connectivity index (χ1v) is 5.30. The third-order valence-corrected chi connectivity index (χ3v) is 2.32. The quantitative estimate of drug-likeness (QED) is 0.740. The van der Waals surface area contributed by atoms with Crippen LogP contribution >= 0.6 is 0 Å². The molecule has 1 aliphatic heterocycles. The largest absolute Gasteiger partial charge is 0.494 e. The first-order valence-electron chi connectivity index (χ1n) is 5.30. The van der Waals surface area contributed by atoms with Crippen LogP contribution in [0.25, 0.3) is 0 Å². The van der Waals surface area contributed by atoms with E-state index in [-0.39, 0.29) is 11.8 Å². The number of rotatable bonds is 4. The standard InChI is InChI=1S/C13H12NO3/c1-2-9-17-11-5-3-10(4-6-11)14-12(15)7-8-13(14)16/h3-8H,1-2,9H2. The van der Waals surface area contributed by atoms with Crippen molar-refractivity contribution >= 4 is 17.5 Å². The molecule has 0 N–H and O–H groups in total. The lowest BCUT2D eigenvalue weighted by molar-refractivity contribution is -0.119. The van der Waals surface area contributed by atoms with Crippen LogP contribution in [0.4, 0.5) is 5.69 Å². The van der Waals surface area contributed by atoms with E-state index in [4.69, 9.17) is 4.74 Å². The molecule has 0 saturated carbocycles. The minimum atomic E-state index is -0.318. The maximum Gasteiger partial charge on any atom is 0.258 e. The molecule has 1 aliphatic rings. The van der Waals surface area contributed by atoms with E-state index in [0.717, 1.165) is 4.90 Å². The summed E-state index contributed by atoms with van der Waals surface area (Å²) >= 11 is 0. The molecule has 0 unspecified atom stereocenters. The highest BCUT2D eigenvalue weighted by Crippen LogP contribution is 2.22. The van der Waals surface area contributed by atoms with Crippen LogP contribution in [0.5, 0.6) is 5.75 Å². The SMILES string of the molecule is [CH2]CCOc1ccc(N2C(=O)C=CC2=O)cc1. The fraction of sp³-hybridized carbons (Fsp3) is 0.154. The van der Waals surface area contributed by atoms with E-state index >= 15 is 0 Å². The van der Waals surface area contributed by atoms with Crippen LogP contribution in [0.15, 0.2) is 36.4 Å². The Balaban J connectivity index is 2.13. The number of imide groups is 1. The number of anilines is 1. The van der Waals surface area contributed by atoms with Crippen LogP contribution in [0, 0.1) is 6.92 Å². The van der Waals surface area contributed by atoms with Crippen molar-refractivity contribution in [2.45, 2.75) is 6.42 Å². The lowest BCUT2D eigenvalue weighted by Crippen LogP contribution is -2.29. The predicted molar refractivity (Wildman–Crippen MR) is 63.5 cm³/mol. The molecule has 1 aromatic carbocycles. The number of amides is 2. The number of hydrogen-bond acceptors (Lipinski definition) is 3. The summed E-state index contributed by atoms with van der Waals surface area (Å²) < 4.78 is 5.36. The van der Waals surface area contributed by atoms with Gasteiger partial charge in [0.15, 0.2) is 0 Å². The molecule has 1 heterocycles. The maximum absolute atomic E-state index is 11.4. The van der Waals surface area contributed by atoms with E-state index < -0.39 is 0 Å². The zero-order valence-electron chi connectivity index (χ0n) is 9.26. The van der Waals surface area contributed by atoms with Crippen molar-refractivity contribution in [1.82, 2.24) is 0 Å². The van der Waals surface area contributed by atoms with Crippen LogP contribution in [0.2, 0.25) is 0 Å². The van der Waals surface area contributed by atoms with Gasteiger partial charge in [-0.1, -0.05) is 0 Å². The van der Waals surface area contributed by atoms with Gasteiger partial charge >= 0.3 is 0 Å². The second kappa shape index (κ2) is 4.82. The van der Waals surface area contributed by atoms with Gasteiger partial charge in [-0.2, -0.15) is 0 Å². The van der Waals surface area contributed by atoms with Crippen molar-refractivity contribution in [3.8, 4) is 5.75 Å².